The maximum absolute atomic E-state index is 6.24. The number of fused-ring (bicyclic) bond motifs is 2. The van der Waals surface area contributed by atoms with Gasteiger partial charge < -0.3 is 4.74 Å². The Kier molecular flexibility index (Phi) is 2.67. The van der Waals surface area contributed by atoms with Crippen LogP contribution in [0.3, 0.4) is 0 Å². The van der Waals surface area contributed by atoms with Gasteiger partial charge in [0.1, 0.15) is 10.9 Å². The molecule has 0 N–H and O–H groups in total. The van der Waals surface area contributed by atoms with Crippen molar-refractivity contribution in [3.05, 3.63) is 52.1 Å². The number of hydrogen-bond acceptors (Lipinski definition) is 4. The van der Waals surface area contributed by atoms with E-state index in [-0.39, 0.29) is 6.10 Å². The highest BCUT2D eigenvalue weighted by atomic mass is 35.5. The largest absolute Gasteiger partial charge is 0.482 e. The van der Waals surface area contributed by atoms with Gasteiger partial charge in [0.25, 0.3) is 0 Å². The van der Waals surface area contributed by atoms with E-state index in [2.05, 4.69) is 16.0 Å². The average molecular weight is 291 g/mol. The molecule has 2 aliphatic heterocycles. The number of hydrogen-bond donors (Lipinski definition) is 0. The zero-order valence-corrected chi connectivity index (χ0v) is 11.7. The lowest BCUT2D eigenvalue weighted by molar-refractivity contribution is 0.227. The predicted octanol–water partition coefficient (Wildman–Crippen LogP) is 3.55. The van der Waals surface area contributed by atoms with Gasteiger partial charge in [-0.25, -0.2) is 9.97 Å². The van der Waals surface area contributed by atoms with Crippen LogP contribution < -0.4 is 4.74 Å². The SMILES string of the molecule is Clc1nc(C2Cc3ccccc3O2)nc2c1CSC2. The summed E-state index contributed by atoms with van der Waals surface area (Å²) in [7, 11) is 0. The van der Waals surface area contributed by atoms with E-state index < -0.39 is 0 Å². The van der Waals surface area contributed by atoms with E-state index in [4.69, 9.17) is 16.3 Å². The van der Waals surface area contributed by atoms with Crippen molar-refractivity contribution in [3.8, 4) is 5.75 Å². The molecule has 2 aromatic rings. The Morgan fingerprint density at radius 1 is 1.21 bits per heavy atom. The fraction of sp³-hybridized carbons (Fsp3) is 0.286. The van der Waals surface area contributed by atoms with Gasteiger partial charge in [0.15, 0.2) is 11.9 Å². The summed E-state index contributed by atoms with van der Waals surface area (Å²) in [6.07, 6.45) is 0.712. The smallest absolute Gasteiger partial charge is 0.171 e. The Hall–Kier alpha value is -1.26. The van der Waals surface area contributed by atoms with Gasteiger partial charge in [-0.1, -0.05) is 29.8 Å². The van der Waals surface area contributed by atoms with E-state index in [0.717, 1.165) is 34.9 Å². The molecule has 0 bridgehead atoms. The lowest BCUT2D eigenvalue weighted by atomic mass is 10.1. The van der Waals surface area contributed by atoms with E-state index in [0.29, 0.717) is 11.0 Å². The number of rotatable bonds is 1. The van der Waals surface area contributed by atoms with Gasteiger partial charge in [0.05, 0.1) is 5.69 Å². The van der Waals surface area contributed by atoms with E-state index >= 15 is 0 Å². The first-order valence-electron chi connectivity index (χ1n) is 6.19. The van der Waals surface area contributed by atoms with Crippen LogP contribution in [0.15, 0.2) is 24.3 Å². The minimum absolute atomic E-state index is 0.106. The van der Waals surface area contributed by atoms with E-state index in [1.807, 2.05) is 30.0 Å². The van der Waals surface area contributed by atoms with Crippen LogP contribution in [-0.2, 0) is 17.9 Å². The third-order valence-electron chi connectivity index (χ3n) is 3.48. The molecule has 3 nitrogen and oxygen atoms in total. The molecule has 3 heterocycles. The van der Waals surface area contributed by atoms with Gasteiger partial charge in [-0.3, -0.25) is 0 Å². The Labute approximate surface area is 120 Å². The van der Waals surface area contributed by atoms with Crippen molar-refractivity contribution in [2.45, 2.75) is 24.0 Å². The standard InChI is InChI=1S/C14H11ClN2OS/c15-13-9-6-19-7-10(9)16-14(17-13)12-5-8-3-1-2-4-11(8)18-12/h1-4,12H,5-7H2. The van der Waals surface area contributed by atoms with Crippen LogP contribution in [0.25, 0.3) is 0 Å². The van der Waals surface area contributed by atoms with Crippen LogP contribution in [0.2, 0.25) is 5.15 Å². The summed E-state index contributed by atoms with van der Waals surface area (Å²) in [5.41, 5.74) is 3.37. The second-order valence-electron chi connectivity index (χ2n) is 4.71. The van der Waals surface area contributed by atoms with E-state index in [1.165, 1.54) is 5.56 Å². The minimum atomic E-state index is -0.106. The van der Waals surface area contributed by atoms with Crippen molar-refractivity contribution < 1.29 is 4.74 Å². The molecule has 0 saturated heterocycles. The van der Waals surface area contributed by atoms with Crippen LogP contribution >= 0.6 is 23.4 Å². The first-order valence-corrected chi connectivity index (χ1v) is 7.72. The molecule has 1 aromatic heterocycles. The third kappa shape index (κ3) is 1.90. The molecule has 2 aliphatic rings. The Morgan fingerprint density at radius 3 is 3.00 bits per heavy atom. The molecule has 0 aliphatic carbocycles. The van der Waals surface area contributed by atoms with Gasteiger partial charge in [-0.15, -0.1) is 0 Å². The van der Waals surface area contributed by atoms with Crippen molar-refractivity contribution in [1.82, 2.24) is 9.97 Å². The van der Waals surface area contributed by atoms with Crippen LogP contribution in [0.4, 0.5) is 0 Å². The third-order valence-corrected chi connectivity index (χ3v) is 4.76. The van der Waals surface area contributed by atoms with Gasteiger partial charge in [-0.05, 0) is 11.6 Å². The number of para-hydroxylation sites is 1. The van der Waals surface area contributed by atoms with Crippen LogP contribution in [0, 0.1) is 0 Å². The van der Waals surface area contributed by atoms with Crippen molar-refractivity contribution in [3.63, 3.8) is 0 Å². The van der Waals surface area contributed by atoms with Crippen molar-refractivity contribution in [2.75, 3.05) is 0 Å². The quantitative estimate of drug-likeness (QED) is 0.752. The highest BCUT2D eigenvalue weighted by Crippen LogP contribution is 2.38. The topological polar surface area (TPSA) is 35.0 Å². The Bertz CT molecular complexity index is 637. The molecular weight excluding hydrogens is 280 g/mol. The monoisotopic (exact) mass is 290 g/mol. The molecule has 4 rings (SSSR count). The number of halogens is 1. The summed E-state index contributed by atoms with van der Waals surface area (Å²) < 4.78 is 5.92. The lowest BCUT2D eigenvalue weighted by Gasteiger charge is -2.11. The van der Waals surface area contributed by atoms with Gasteiger partial charge >= 0.3 is 0 Å². The molecule has 1 unspecified atom stereocenters. The first kappa shape index (κ1) is 11.6. The highest BCUT2D eigenvalue weighted by Gasteiger charge is 2.28. The fourth-order valence-electron chi connectivity index (χ4n) is 2.50. The van der Waals surface area contributed by atoms with Crippen molar-refractivity contribution in [1.29, 1.82) is 0 Å². The molecular formula is C14H11ClN2OS. The maximum Gasteiger partial charge on any atom is 0.171 e. The summed E-state index contributed by atoms with van der Waals surface area (Å²) in [5.74, 6) is 3.48. The number of benzene rings is 1. The summed E-state index contributed by atoms with van der Waals surface area (Å²) in [5, 5.41) is 0.588. The Balaban J connectivity index is 1.70. The molecule has 0 saturated carbocycles. The maximum atomic E-state index is 6.24. The van der Waals surface area contributed by atoms with Crippen molar-refractivity contribution in [2.24, 2.45) is 0 Å². The van der Waals surface area contributed by atoms with Gasteiger partial charge in [-0.2, -0.15) is 11.8 Å². The summed E-state index contributed by atoms with van der Waals surface area (Å²) in [4.78, 5) is 9.06. The summed E-state index contributed by atoms with van der Waals surface area (Å²) >= 11 is 8.07. The van der Waals surface area contributed by atoms with E-state index in [1.54, 1.807) is 0 Å². The first-order chi connectivity index (χ1) is 9.31. The van der Waals surface area contributed by atoms with Crippen molar-refractivity contribution >= 4 is 23.4 Å². The predicted molar refractivity (Wildman–Crippen MR) is 75.6 cm³/mol. The lowest BCUT2D eigenvalue weighted by Crippen LogP contribution is -2.10. The average Bonchev–Trinajstić information content (AvgIpc) is 3.04. The van der Waals surface area contributed by atoms with Crippen LogP contribution in [0.1, 0.15) is 28.7 Å². The fourth-order valence-corrected chi connectivity index (χ4v) is 3.88. The molecule has 1 atom stereocenters. The summed E-state index contributed by atoms with van der Waals surface area (Å²) in [6.45, 7) is 0. The second kappa shape index (κ2) is 4.39. The van der Waals surface area contributed by atoms with Crippen LogP contribution in [0.5, 0.6) is 5.75 Å². The van der Waals surface area contributed by atoms with E-state index in [9.17, 15) is 0 Å². The molecule has 19 heavy (non-hydrogen) atoms. The molecule has 0 spiro atoms. The Morgan fingerprint density at radius 2 is 2.11 bits per heavy atom. The molecule has 5 heteroatoms. The molecule has 1 aromatic carbocycles. The zero-order chi connectivity index (χ0) is 12.8. The second-order valence-corrected chi connectivity index (χ2v) is 6.05. The number of nitrogens with zero attached hydrogens (tertiary/aromatic N) is 2. The number of thioether (sulfide) groups is 1. The molecule has 96 valence electrons. The molecule has 0 fully saturated rings. The molecule has 0 radical (unpaired) electrons. The molecule has 0 amide bonds. The minimum Gasteiger partial charge on any atom is -0.482 e. The number of aromatic nitrogens is 2. The summed E-state index contributed by atoms with van der Waals surface area (Å²) in [6, 6.07) is 8.08. The van der Waals surface area contributed by atoms with Crippen LogP contribution in [-0.4, -0.2) is 9.97 Å². The van der Waals surface area contributed by atoms with Gasteiger partial charge in [0.2, 0.25) is 0 Å². The highest BCUT2D eigenvalue weighted by molar-refractivity contribution is 7.98. The normalized spacial score (nSPS) is 19.9. The number of ether oxygens (including phenoxy) is 1. The zero-order valence-electron chi connectivity index (χ0n) is 10.1. The van der Waals surface area contributed by atoms with Gasteiger partial charge in [0, 0.05) is 23.5 Å².